The molecular formula is C28H55N5O3S4. The van der Waals surface area contributed by atoms with Crippen molar-refractivity contribution in [2.45, 2.75) is 74.3 Å². The van der Waals surface area contributed by atoms with E-state index in [4.69, 9.17) is 5.11 Å². The molecule has 2 rings (SSSR count). The summed E-state index contributed by atoms with van der Waals surface area (Å²) in [7, 11) is 6.55. The first-order valence-corrected chi connectivity index (χ1v) is 16.5. The van der Waals surface area contributed by atoms with E-state index in [2.05, 4.69) is 82.7 Å². The van der Waals surface area contributed by atoms with Gasteiger partial charge in [-0.2, -0.15) is 8.75 Å². The summed E-state index contributed by atoms with van der Waals surface area (Å²) in [6.45, 7) is 21.2. The van der Waals surface area contributed by atoms with Crippen LogP contribution in [0.3, 0.4) is 0 Å². The zero-order chi connectivity index (χ0) is 32.5. The Hall–Kier alpha value is -1.72. The highest BCUT2D eigenvalue weighted by atomic mass is 32.2. The lowest BCUT2D eigenvalue weighted by Crippen LogP contribution is -2.14. The van der Waals surface area contributed by atoms with E-state index in [1.807, 2.05) is 27.7 Å². The summed E-state index contributed by atoms with van der Waals surface area (Å²) in [5.41, 5.74) is 1.36. The minimum Gasteiger partial charge on any atom is -0.400 e. The van der Waals surface area contributed by atoms with Crippen LogP contribution >= 0.6 is 34.8 Å². The van der Waals surface area contributed by atoms with Gasteiger partial charge in [0.05, 0.1) is 22.5 Å². The zero-order valence-corrected chi connectivity index (χ0v) is 30.2. The molecule has 0 bridgehead atoms. The number of rotatable bonds is 10. The lowest BCUT2D eigenvalue weighted by Gasteiger charge is -2.09. The summed E-state index contributed by atoms with van der Waals surface area (Å²) in [6, 6.07) is 2.22. The number of nitrogens with one attached hydrogen (secondary N) is 2. The van der Waals surface area contributed by atoms with E-state index in [9.17, 15) is 4.21 Å². The number of anilines is 2. The van der Waals surface area contributed by atoms with Gasteiger partial charge in [-0.3, -0.25) is 0 Å². The van der Waals surface area contributed by atoms with Crippen LogP contribution in [-0.2, 0) is 22.3 Å². The zero-order valence-electron chi connectivity index (χ0n) is 26.9. The van der Waals surface area contributed by atoms with Crippen molar-refractivity contribution in [2.24, 2.45) is 0 Å². The van der Waals surface area contributed by atoms with Crippen LogP contribution in [0.1, 0.15) is 78.2 Å². The van der Waals surface area contributed by atoms with Crippen molar-refractivity contribution < 1.29 is 14.1 Å². The molecule has 0 aliphatic rings. The Kier molecular flexibility index (Phi) is 44.8. The average Bonchev–Trinajstić information content (AvgIpc) is 3.64. The summed E-state index contributed by atoms with van der Waals surface area (Å²) in [6.07, 6.45) is 11.0. The fraction of sp³-hybridized carbons (Fsp3) is 0.571. The van der Waals surface area contributed by atoms with Crippen LogP contribution in [0.2, 0.25) is 0 Å². The third-order valence-electron chi connectivity index (χ3n) is 3.27. The van der Waals surface area contributed by atoms with Crippen LogP contribution in [0.5, 0.6) is 0 Å². The van der Waals surface area contributed by atoms with Crippen molar-refractivity contribution in [3.05, 3.63) is 44.3 Å². The fourth-order valence-corrected chi connectivity index (χ4v) is 4.95. The van der Waals surface area contributed by atoms with Gasteiger partial charge in [0, 0.05) is 32.4 Å². The molecule has 2 aromatic rings. The molecule has 0 spiro atoms. The third kappa shape index (κ3) is 26.5. The number of ether oxygens (including phenoxy) is 1. The molecule has 0 saturated carbocycles. The summed E-state index contributed by atoms with van der Waals surface area (Å²) in [4.78, 5) is 1.27. The van der Waals surface area contributed by atoms with Crippen molar-refractivity contribution in [1.82, 2.24) is 13.1 Å². The van der Waals surface area contributed by atoms with E-state index in [0.29, 0.717) is 22.5 Å². The quantitative estimate of drug-likeness (QED) is 0.224. The van der Waals surface area contributed by atoms with E-state index < -0.39 is 11.0 Å². The van der Waals surface area contributed by atoms with Crippen LogP contribution in [0.25, 0.3) is 0 Å². The highest BCUT2D eigenvalue weighted by Crippen LogP contribution is 2.25. The molecule has 0 fully saturated rings. The van der Waals surface area contributed by atoms with Crippen molar-refractivity contribution in [2.75, 3.05) is 46.1 Å². The normalized spacial score (nSPS) is 9.75. The first kappa shape index (κ1) is 48.0. The SMILES string of the molecule is C#C.C=C(S/C=C/Nc1nsnc1NCc1cc(C(C)C)cs1)S(=O)N(C)C.CC.CC.CCC.CO.COC. The Labute approximate surface area is 261 Å². The molecule has 0 radical (unpaired) electrons. The van der Waals surface area contributed by atoms with E-state index in [1.54, 1.807) is 55.6 Å². The molecule has 0 aromatic carbocycles. The van der Waals surface area contributed by atoms with E-state index >= 15 is 0 Å². The second kappa shape index (κ2) is 37.3. The van der Waals surface area contributed by atoms with Gasteiger partial charge in [-0.15, -0.1) is 24.2 Å². The molecule has 1 unspecified atom stereocenters. The summed E-state index contributed by atoms with van der Waals surface area (Å²) < 4.78 is 26.8. The maximum Gasteiger partial charge on any atom is 0.188 e. The van der Waals surface area contributed by atoms with Gasteiger partial charge in [0.25, 0.3) is 0 Å². The molecule has 2 aromatic heterocycles. The Balaban J connectivity index is -0.000000250. The lowest BCUT2D eigenvalue weighted by molar-refractivity contribution is 0.277. The second-order valence-corrected chi connectivity index (χ2v) is 11.4. The van der Waals surface area contributed by atoms with Crippen LogP contribution in [-0.4, -0.2) is 57.8 Å². The molecule has 2 heterocycles. The summed E-state index contributed by atoms with van der Waals surface area (Å²) >= 11 is 4.21. The van der Waals surface area contributed by atoms with Gasteiger partial charge in [-0.1, -0.05) is 80.2 Å². The molecule has 0 saturated heterocycles. The monoisotopic (exact) mass is 637 g/mol. The van der Waals surface area contributed by atoms with Crippen LogP contribution in [0.15, 0.2) is 33.9 Å². The lowest BCUT2D eigenvalue weighted by atomic mass is 10.1. The number of hydrogen-bond acceptors (Lipinski definition) is 10. The highest BCUT2D eigenvalue weighted by molar-refractivity contribution is 8.17. The van der Waals surface area contributed by atoms with Gasteiger partial charge in [0.2, 0.25) is 0 Å². The highest BCUT2D eigenvalue weighted by Gasteiger charge is 2.09. The van der Waals surface area contributed by atoms with E-state index in [1.165, 1.54) is 28.6 Å². The van der Waals surface area contributed by atoms with Crippen LogP contribution in [0.4, 0.5) is 11.6 Å². The maximum absolute atomic E-state index is 11.8. The predicted octanol–water partition coefficient (Wildman–Crippen LogP) is 8.24. The second-order valence-electron chi connectivity index (χ2n) is 6.93. The largest absolute Gasteiger partial charge is 0.400 e. The Morgan fingerprint density at radius 1 is 1.18 bits per heavy atom. The number of thioether (sulfide) groups is 1. The number of thiophene rings is 1. The van der Waals surface area contributed by atoms with Gasteiger partial charge in [0.15, 0.2) is 11.6 Å². The van der Waals surface area contributed by atoms with Crippen LogP contribution < -0.4 is 10.6 Å². The summed E-state index contributed by atoms with van der Waals surface area (Å²) in [5.74, 6) is 1.93. The number of nitrogens with zero attached hydrogens (tertiary/aromatic N) is 3. The first-order valence-electron chi connectivity index (χ1n) is 12.9. The van der Waals surface area contributed by atoms with Gasteiger partial charge in [-0.05, 0) is 42.4 Å². The Morgan fingerprint density at radius 3 is 2.08 bits per heavy atom. The van der Waals surface area contributed by atoms with Crippen molar-refractivity contribution in [1.29, 1.82) is 0 Å². The molecule has 0 amide bonds. The third-order valence-corrected chi connectivity index (χ3v) is 7.06. The molecule has 234 valence electrons. The topological polar surface area (TPSA) is 99.6 Å². The summed E-state index contributed by atoms with van der Waals surface area (Å²) in [5, 5.41) is 17.4. The molecule has 8 nitrogen and oxygen atoms in total. The molecule has 3 N–H and O–H groups in total. The average molecular weight is 638 g/mol. The minimum absolute atomic E-state index is 0.539. The molecule has 12 heteroatoms. The standard InChI is InChI=1S/C16H23N5OS4.C3H8.C2H6O.2C2H6.C2H2.CH4O/c1-11(2)13-8-14(24-10-13)9-18-16-15(19-25-20-16)17-6-7-23-12(3)26(22)21(4)5;2*1-3-2;4*1-2/h6-8,10-11H,3,9H2,1-2,4-5H3,(H,17,19)(H,18,20);3H2,1-2H3;1-2H3;2*1-2H3;1-2H;2H,1H3/b7-6+;;;;;;. The molecular weight excluding hydrogens is 583 g/mol. The van der Waals surface area contributed by atoms with E-state index in [0.717, 1.165) is 24.7 Å². The smallest absolute Gasteiger partial charge is 0.188 e. The molecule has 1 atom stereocenters. The number of methoxy groups -OCH3 is 1. The number of aromatic nitrogens is 2. The van der Waals surface area contributed by atoms with E-state index in [-0.39, 0.29) is 0 Å². The van der Waals surface area contributed by atoms with Gasteiger partial charge < -0.3 is 20.5 Å². The molecule has 40 heavy (non-hydrogen) atoms. The van der Waals surface area contributed by atoms with Gasteiger partial charge in [-0.25, -0.2) is 8.51 Å². The van der Waals surface area contributed by atoms with Gasteiger partial charge >= 0.3 is 0 Å². The minimum atomic E-state index is -1.20. The van der Waals surface area contributed by atoms with Crippen molar-refractivity contribution in [3.63, 3.8) is 0 Å². The van der Waals surface area contributed by atoms with Crippen LogP contribution in [0, 0.1) is 12.8 Å². The number of aliphatic hydroxyl groups is 1. The first-order chi connectivity index (χ1) is 19.2. The molecule has 0 aliphatic heterocycles. The Bertz CT molecular complexity index is 865. The number of hydrogen-bond donors (Lipinski definition) is 3. The number of terminal acetylenes is 1. The molecule has 0 aliphatic carbocycles. The fourth-order valence-electron chi connectivity index (χ4n) is 1.83. The van der Waals surface area contributed by atoms with Crippen molar-refractivity contribution >= 4 is 57.4 Å². The maximum atomic E-state index is 11.8. The Morgan fingerprint density at radius 2 is 1.65 bits per heavy atom. The number of aliphatic hydroxyl groups excluding tert-OH is 1. The predicted molar refractivity (Wildman–Crippen MR) is 187 cm³/mol. The van der Waals surface area contributed by atoms with Crippen molar-refractivity contribution in [3.8, 4) is 12.8 Å². The van der Waals surface area contributed by atoms with Gasteiger partial charge in [0.1, 0.15) is 11.0 Å².